The molecular formula is C18H25NO. The predicted octanol–water partition coefficient (Wildman–Crippen LogP) is 4.53. The molecular weight excluding hydrogens is 246 g/mol. The van der Waals surface area contributed by atoms with Crippen molar-refractivity contribution in [1.82, 2.24) is 0 Å². The van der Waals surface area contributed by atoms with E-state index in [-0.39, 0.29) is 12.0 Å². The fourth-order valence-corrected chi connectivity index (χ4v) is 2.94. The normalized spacial score (nSPS) is 26.4. The quantitative estimate of drug-likeness (QED) is 0.788. The van der Waals surface area contributed by atoms with Crippen LogP contribution in [-0.2, 0) is 4.74 Å². The highest BCUT2D eigenvalue weighted by molar-refractivity contribution is 5.20. The first-order valence-corrected chi connectivity index (χ1v) is 7.77. The number of rotatable bonds is 5. The average molecular weight is 271 g/mol. The Kier molecular flexibility index (Phi) is 5.61. The minimum Gasteiger partial charge on any atom is -0.377 e. The largest absolute Gasteiger partial charge is 0.377 e. The van der Waals surface area contributed by atoms with Gasteiger partial charge in [-0.25, -0.2) is 0 Å². The summed E-state index contributed by atoms with van der Waals surface area (Å²) in [5.74, 6) is 1.27. The van der Waals surface area contributed by atoms with Crippen molar-refractivity contribution in [2.45, 2.75) is 51.6 Å². The summed E-state index contributed by atoms with van der Waals surface area (Å²) < 4.78 is 6.03. The van der Waals surface area contributed by atoms with E-state index in [0.29, 0.717) is 11.8 Å². The van der Waals surface area contributed by atoms with Gasteiger partial charge in [-0.15, -0.1) is 0 Å². The Balaban J connectivity index is 1.95. The van der Waals surface area contributed by atoms with Crippen LogP contribution in [0.2, 0.25) is 0 Å². The molecule has 0 heterocycles. The molecule has 0 N–H and O–H groups in total. The smallest absolute Gasteiger partial charge is 0.0739 e. The van der Waals surface area contributed by atoms with Crippen LogP contribution >= 0.6 is 0 Å². The average Bonchev–Trinajstić information content (AvgIpc) is 2.47. The summed E-state index contributed by atoms with van der Waals surface area (Å²) in [7, 11) is 0. The van der Waals surface area contributed by atoms with Crippen LogP contribution in [0.1, 0.15) is 51.0 Å². The summed E-state index contributed by atoms with van der Waals surface area (Å²) in [4.78, 5) is 0. The van der Waals surface area contributed by atoms with Crippen molar-refractivity contribution in [3.8, 4) is 6.07 Å². The number of benzene rings is 1. The third-order valence-corrected chi connectivity index (χ3v) is 4.26. The molecule has 1 saturated carbocycles. The molecule has 2 heteroatoms. The lowest BCUT2D eigenvalue weighted by molar-refractivity contribution is -0.00421. The molecule has 0 aliphatic heterocycles. The zero-order chi connectivity index (χ0) is 14.4. The lowest BCUT2D eigenvalue weighted by Crippen LogP contribution is -2.31. The van der Waals surface area contributed by atoms with Gasteiger partial charge >= 0.3 is 0 Å². The molecule has 0 bridgehead atoms. The lowest BCUT2D eigenvalue weighted by Gasteiger charge is -2.33. The van der Waals surface area contributed by atoms with Gasteiger partial charge in [0.05, 0.1) is 18.1 Å². The van der Waals surface area contributed by atoms with Gasteiger partial charge in [0.2, 0.25) is 0 Å². The number of hydrogen-bond donors (Lipinski definition) is 0. The van der Waals surface area contributed by atoms with E-state index in [1.54, 1.807) is 0 Å². The molecule has 0 radical (unpaired) electrons. The van der Waals surface area contributed by atoms with Gasteiger partial charge in [-0.3, -0.25) is 0 Å². The molecule has 0 aromatic heterocycles. The van der Waals surface area contributed by atoms with Crippen LogP contribution in [0.25, 0.3) is 0 Å². The third-order valence-electron chi connectivity index (χ3n) is 4.26. The van der Waals surface area contributed by atoms with Crippen molar-refractivity contribution >= 4 is 0 Å². The molecule has 2 nitrogen and oxygen atoms in total. The number of hydrogen-bond acceptors (Lipinski definition) is 2. The third kappa shape index (κ3) is 4.08. The summed E-state index contributed by atoms with van der Waals surface area (Å²) in [5.41, 5.74) is 1.39. The van der Waals surface area contributed by atoms with Crippen molar-refractivity contribution in [1.29, 1.82) is 5.26 Å². The van der Waals surface area contributed by atoms with Gasteiger partial charge in [0.25, 0.3) is 0 Å². The van der Waals surface area contributed by atoms with Crippen molar-refractivity contribution in [2.75, 3.05) is 6.61 Å². The van der Waals surface area contributed by atoms with Crippen LogP contribution in [0.3, 0.4) is 0 Å². The van der Waals surface area contributed by atoms with Crippen LogP contribution in [0.4, 0.5) is 0 Å². The van der Waals surface area contributed by atoms with E-state index in [0.717, 1.165) is 32.3 Å². The molecule has 3 unspecified atom stereocenters. The Morgan fingerprint density at radius 2 is 2.00 bits per heavy atom. The maximum atomic E-state index is 9.30. The zero-order valence-corrected chi connectivity index (χ0v) is 12.6. The van der Waals surface area contributed by atoms with E-state index >= 15 is 0 Å². The summed E-state index contributed by atoms with van der Waals surface area (Å²) >= 11 is 0. The molecule has 0 spiro atoms. The monoisotopic (exact) mass is 271 g/mol. The minimum absolute atomic E-state index is 0.0714. The SMILES string of the molecule is CC(C)CCOC1CC(c2ccccc2)CCC1C#N. The van der Waals surface area contributed by atoms with Crippen molar-refractivity contribution < 1.29 is 4.74 Å². The van der Waals surface area contributed by atoms with E-state index in [4.69, 9.17) is 4.74 Å². The Hall–Kier alpha value is -1.33. The highest BCUT2D eigenvalue weighted by Gasteiger charge is 2.31. The van der Waals surface area contributed by atoms with Gasteiger partial charge < -0.3 is 4.74 Å². The van der Waals surface area contributed by atoms with Crippen LogP contribution in [0.5, 0.6) is 0 Å². The minimum atomic E-state index is 0.0714. The van der Waals surface area contributed by atoms with Gasteiger partial charge in [0, 0.05) is 6.61 Å². The van der Waals surface area contributed by atoms with Crippen molar-refractivity contribution in [3.63, 3.8) is 0 Å². The first-order chi connectivity index (χ1) is 9.70. The molecule has 108 valence electrons. The summed E-state index contributed by atoms with van der Waals surface area (Å²) in [6.45, 7) is 5.19. The fraction of sp³-hybridized carbons (Fsp3) is 0.611. The second kappa shape index (κ2) is 7.45. The van der Waals surface area contributed by atoms with Crippen molar-refractivity contribution in [2.24, 2.45) is 11.8 Å². The zero-order valence-electron chi connectivity index (χ0n) is 12.6. The van der Waals surface area contributed by atoms with Gasteiger partial charge in [-0.05, 0) is 43.1 Å². The Morgan fingerprint density at radius 3 is 2.65 bits per heavy atom. The highest BCUT2D eigenvalue weighted by atomic mass is 16.5. The maximum absolute atomic E-state index is 9.30. The Labute approximate surface area is 122 Å². The van der Waals surface area contributed by atoms with Crippen LogP contribution in [0, 0.1) is 23.2 Å². The Bertz CT molecular complexity index is 434. The van der Waals surface area contributed by atoms with E-state index in [2.05, 4.69) is 50.2 Å². The molecule has 0 amide bonds. The molecule has 1 aliphatic rings. The first-order valence-electron chi connectivity index (χ1n) is 7.77. The molecule has 0 saturated heterocycles. The molecule has 1 aromatic carbocycles. The van der Waals surface area contributed by atoms with Gasteiger partial charge in [-0.2, -0.15) is 5.26 Å². The van der Waals surface area contributed by atoms with E-state index in [1.165, 1.54) is 5.56 Å². The summed E-state index contributed by atoms with van der Waals surface area (Å²) in [6, 6.07) is 13.1. The van der Waals surface area contributed by atoms with Gasteiger partial charge in [0.1, 0.15) is 0 Å². The van der Waals surface area contributed by atoms with E-state index in [9.17, 15) is 5.26 Å². The molecule has 1 aliphatic carbocycles. The second-order valence-electron chi connectivity index (χ2n) is 6.25. The highest BCUT2D eigenvalue weighted by Crippen LogP contribution is 2.37. The fourth-order valence-electron chi connectivity index (χ4n) is 2.94. The lowest BCUT2D eigenvalue weighted by atomic mass is 9.77. The molecule has 20 heavy (non-hydrogen) atoms. The number of nitriles is 1. The second-order valence-corrected chi connectivity index (χ2v) is 6.25. The Morgan fingerprint density at radius 1 is 1.25 bits per heavy atom. The molecule has 2 rings (SSSR count). The van der Waals surface area contributed by atoms with E-state index < -0.39 is 0 Å². The summed E-state index contributed by atoms with van der Waals surface area (Å²) in [6.07, 6.45) is 4.23. The van der Waals surface area contributed by atoms with Crippen LogP contribution in [-0.4, -0.2) is 12.7 Å². The van der Waals surface area contributed by atoms with Gasteiger partial charge in [0.15, 0.2) is 0 Å². The standard InChI is InChI=1S/C18H25NO/c1-14(2)10-11-20-18-12-16(8-9-17(18)13-19)15-6-4-3-5-7-15/h3-7,14,16-18H,8-12H2,1-2H3. The summed E-state index contributed by atoms with van der Waals surface area (Å²) in [5, 5.41) is 9.30. The van der Waals surface area contributed by atoms with E-state index in [1.807, 2.05) is 0 Å². The first kappa shape index (κ1) is 15.1. The molecule has 1 aromatic rings. The molecule has 3 atom stereocenters. The number of nitrogens with zero attached hydrogens (tertiary/aromatic N) is 1. The predicted molar refractivity (Wildman–Crippen MR) is 81.3 cm³/mol. The van der Waals surface area contributed by atoms with Crippen molar-refractivity contribution in [3.05, 3.63) is 35.9 Å². The molecule has 1 fully saturated rings. The van der Waals surface area contributed by atoms with Crippen LogP contribution < -0.4 is 0 Å². The van der Waals surface area contributed by atoms with Crippen LogP contribution in [0.15, 0.2) is 30.3 Å². The van der Waals surface area contributed by atoms with Gasteiger partial charge in [-0.1, -0.05) is 44.2 Å². The topological polar surface area (TPSA) is 33.0 Å². The maximum Gasteiger partial charge on any atom is 0.0739 e. The number of ether oxygens (including phenoxy) is 1.